The van der Waals surface area contributed by atoms with E-state index in [9.17, 15) is 14.3 Å². The second-order valence-corrected chi connectivity index (χ2v) is 6.50. The maximum Gasteiger partial charge on any atom is 0.262 e. The Morgan fingerprint density at radius 2 is 2.00 bits per heavy atom. The number of carbonyl (C=O) groups is 1. The van der Waals surface area contributed by atoms with Gasteiger partial charge in [-0.15, -0.1) is 0 Å². The number of amides is 1. The normalized spacial score (nSPS) is 11.6. The first-order valence-electron chi connectivity index (χ1n) is 8.49. The van der Waals surface area contributed by atoms with E-state index in [-0.39, 0.29) is 33.2 Å². The number of halogens is 2. The molecule has 0 aliphatic carbocycles. The molecule has 2 aromatic heterocycles. The van der Waals surface area contributed by atoms with E-state index >= 15 is 0 Å². The minimum atomic E-state index is -0.628. The number of aromatic hydroxyl groups is 1. The van der Waals surface area contributed by atoms with Crippen molar-refractivity contribution in [2.45, 2.75) is 0 Å². The molecule has 29 heavy (non-hydrogen) atoms. The molecule has 0 saturated carbocycles. The van der Waals surface area contributed by atoms with E-state index in [1.165, 1.54) is 42.6 Å². The number of benzene rings is 2. The van der Waals surface area contributed by atoms with Crippen molar-refractivity contribution in [3.63, 3.8) is 0 Å². The zero-order valence-corrected chi connectivity index (χ0v) is 15.5. The molecule has 2 aromatic carbocycles. The fourth-order valence-electron chi connectivity index (χ4n) is 2.65. The summed E-state index contributed by atoms with van der Waals surface area (Å²) in [6, 6.07) is 14.9. The molecule has 4 rings (SSSR count). The molecule has 144 valence electrons. The van der Waals surface area contributed by atoms with Gasteiger partial charge in [0.25, 0.3) is 5.91 Å². The van der Waals surface area contributed by atoms with Crippen molar-refractivity contribution in [3.8, 4) is 5.75 Å². The van der Waals surface area contributed by atoms with Gasteiger partial charge in [0.05, 0.1) is 0 Å². The van der Waals surface area contributed by atoms with E-state index in [0.29, 0.717) is 11.2 Å². The summed E-state index contributed by atoms with van der Waals surface area (Å²) in [6.45, 7) is 0. The third-order valence-electron chi connectivity index (χ3n) is 4.02. The van der Waals surface area contributed by atoms with Crippen molar-refractivity contribution >= 4 is 40.0 Å². The number of hydrogen-bond donors (Lipinski definition) is 2. The molecule has 0 saturated heterocycles. The molecule has 0 atom stereocenters. The lowest BCUT2D eigenvalue weighted by atomic mass is 10.1. The summed E-state index contributed by atoms with van der Waals surface area (Å²) >= 11 is 5.93. The lowest BCUT2D eigenvalue weighted by Crippen LogP contribution is -2.22. The first kappa shape index (κ1) is 18.6. The molecule has 0 radical (unpaired) electrons. The van der Waals surface area contributed by atoms with Crippen LogP contribution >= 0.6 is 11.6 Å². The van der Waals surface area contributed by atoms with E-state index in [1.54, 1.807) is 24.3 Å². The number of rotatable bonds is 3. The van der Waals surface area contributed by atoms with Gasteiger partial charge in [-0.25, -0.2) is 14.4 Å². The average Bonchev–Trinajstić information content (AvgIpc) is 2.71. The highest BCUT2D eigenvalue weighted by atomic mass is 35.5. The van der Waals surface area contributed by atoms with E-state index in [0.717, 1.165) is 0 Å². The second kappa shape index (κ2) is 7.73. The highest BCUT2D eigenvalue weighted by molar-refractivity contribution is 6.30. The fraction of sp³-hybridized carbons (Fsp3) is 0. The summed E-state index contributed by atoms with van der Waals surface area (Å²) in [4.78, 5) is 21.1. The molecule has 0 fully saturated rings. The van der Waals surface area contributed by atoms with Gasteiger partial charge < -0.3 is 14.8 Å². The van der Waals surface area contributed by atoms with Crippen molar-refractivity contribution in [1.29, 1.82) is 0 Å². The van der Waals surface area contributed by atoms with Crippen LogP contribution in [0.3, 0.4) is 0 Å². The molecule has 6 nitrogen and oxygen atoms in total. The predicted octanol–water partition coefficient (Wildman–Crippen LogP) is 4.81. The molecular formula is C21H13ClFN3O3. The summed E-state index contributed by atoms with van der Waals surface area (Å²) in [7, 11) is 0. The van der Waals surface area contributed by atoms with Gasteiger partial charge in [0.1, 0.15) is 34.2 Å². The second-order valence-electron chi connectivity index (χ2n) is 6.06. The standard InChI is InChI=1S/C21H13ClFN3O3/c22-13-5-7-16(23)17(10-13)25-21-15(20(28)26-19-3-1-2-8-24-19)9-12-4-6-14(27)11-18(12)29-21/h1-11,27H,(H,24,26,28). The van der Waals surface area contributed by atoms with Crippen LogP contribution < -0.4 is 10.9 Å². The Morgan fingerprint density at radius 1 is 1.14 bits per heavy atom. The maximum atomic E-state index is 14.2. The number of hydrogen-bond acceptors (Lipinski definition) is 5. The third-order valence-corrected chi connectivity index (χ3v) is 4.25. The molecule has 0 aliphatic rings. The van der Waals surface area contributed by atoms with Crippen molar-refractivity contribution in [3.05, 3.63) is 88.8 Å². The number of nitrogens with zero attached hydrogens (tertiary/aromatic N) is 2. The fourth-order valence-corrected chi connectivity index (χ4v) is 2.82. The summed E-state index contributed by atoms with van der Waals surface area (Å²) in [5.41, 5.74) is 0.110. The van der Waals surface area contributed by atoms with E-state index in [4.69, 9.17) is 16.0 Å². The van der Waals surface area contributed by atoms with Gasteiger partial charge in [-0.2, -0.15) is 0 Å². The Balaban J connectivity index is 1.90. The van der Waals surface area contributed by atoms with Crippen LogP contribution in [0.4, 0.5) is 15.9 Å². The zero-order valence-electron chi connectivity index (χ0n) is 14.8. The summed E-state index contributed by atoms with van der Waals surface area (Å²) < 4.78 is 19.9. The van der Waals surface area contributed by atoms with Gasteiger partial charge in [0.2, 0.25) is 5.55 Å². The number of pyridine rings is 1. The molecule has 1 amide bonds. The van der Waals surface area contributed by atoms with Gasteiger partial charge in [-0.05, 0) is 48.5 Å². The topological polar surface area (TPSA) is 87.7 Å². The highest BCUT2D eigenvalue weighted by Crippen LogP contribution is 2.23. The van der Waals surface area contributed by atoms with Crippen LogP contribution in [0.15, 0.2) is 76.3 Å². The Hall–Kier alpha value is -3.71. The van der Waals surface area contributed by atoms with Crippen molar-refractivity contribution in [2.75, 3.05) is 5.32 Å². The number of nitrogens with one attached hydrogen (secondary N) is 1. The average molecular weight is 410 g/mol. The van der Waals surface area contributed by atoms with Gasteiger partial charge in [0, 0.05) is 22.7 Å². The minimum Gasteiger partial charge on any atom is -0.508 e. The van der Waals surface area contributed by atoms with E-state index in [1.807, 2.05) is 0 Å². The van der Waals surface area contributed by atoms with Crippen LogP contribution in [0.5, 0.6) is 5.75 Å². The first-order valence-corrected chi connectivity index (χ1v) is 8.86. The van der Waals surface area contributed by atoms with Crippen molar-refractivity contribution in [2.24, 2.45) is 4.99 Å². The predicted molar refractivity (Wildman–Crippen MR) is 107 cm³/mol. The van der Waals surface area contributed by atoms with E-state index < -0.39 is 11.7 Å². The van der Waals surface area contributed by atoms with Gasteiger partial charge >= 0.3 is 0 Å². The number of aromatic nitrogens is 1. The van der Waals surface area contributed by atoms with Gasteiger partial charge in [-0.3, -0.25) is 4.79 Å². The molecule has 2 heterocycles. The van der Waals surface area contributed by atoms with Crippen molar-refractivity contribution < 1.29 is 18.7 Å². The SMILES string of the molecule is O=C(Nc1ccccn1)c1cc2ccc(O)cc2oc1=Nc1cc(Cl)ccc1F. The molecule has 2 N–H and O–H groups in total. The molecular weight excluding hydrogens is 397 g/mol. The largest absolute Gasteiger partial charge is 0.508 e. The Bertz CT molecular complexity index is 1290. The monoisotopic (exact) mass is 409 g/mol. The minimum absolute atomic E-state index is 0.0215. The summed E-state index contributed by atoms with van der Waals surface area (Å²) in [6.07, 6.45) is 1.54. The molecule has 0 aliphatic heterocycles. The third kappa shape index (κ3) is 4.09. The van der Waals surface area contributed by atoms with Crippen LogP contribution in [-0.4, -0.2) is 16.0 Å². The van der Waals surface area contributed by atoms with Gasteiger partial charge in [0.15, 0.2) is 0 Å². The van der Waals surface area contributed by atoms with Crippen LogP contribution in [0.25, 0.3) is 11.0 Å². The van der Waals surface area contributed by atoms with Crippen LogP contribution in [-0.2, 0) is 0 Å². The highest BCUT2D eigenvalue weighted by Gasteiger charge is 2.15. The lowest BCUT2D eigenvalue weighted by Gasteiger charge is -2.07. The molecule has 8 heteroatoms. The van der Waals surface area contributed by atoms with Crippen LogP contribution in [0, 0.1) is 5.82 Å². The molecule has 0 unspecified atom stereocenters. The number of phenols is 1. The quantitative estimate of drug-likeness (QED) is 0.508. The Kier molecular flexibility index (Phi) is 4.97. The molecule has 0 spiro atoms. The van der Waals surface area contributed by atoms with Gasteiger partial charge in [-0.1, -0.05) is 17.7 Å². The number of phenolic OH excluding ortho intramolecular Hbond substituents is 1. The summed E-state index contributed by atoms with van der Waals surface area (Å²) in [5.74, 6) is -0.852. The first-order chi connectivity index (χ1) is 14.0. The van der Waals surface area contributed by atoms with E-state index in [2.05, 4.69) is 15.3 Å². The van der Waals surface area contributed by atoms with Crippen LogP contribution in [0.2, 0.25) is 5.02 Å². The number of anilines is 1. The molecule has 4 aromatic rings. The summed E-state index contributed by atoms with van der Waals surface area (Å²) in [5, 5.41) is 13.2. The Morgan fingerprint density at radius 3 is 2.79 bits per heavy atom. The lowest BCUT2D eigenvalue weighted by molar-refractivity contribution is 0.102. The smallest absolute Gasteiger partial charge is 0.262 e. The number of fused-ring (bicyclic) bond motifs is 1. The van der Waals surface area contributed by atoms with Crippen molar-refractivity contribution in [1.82, 2.24) is 4.98 Å². The molecule has 0 bridgehead atoms. The Labute approximate surface area is 168 Å². The van der Waals surface area contributed by atoms with Crippen LogP contribution in [0.1, 0.15) is 10.4 Å². The zero-order chi connectivity index (χ0) is 20.4. The maximum absolute atomic E-state index is 14.2. The number of carbonyl (C=O) groups excluding carboxylic acids is 1.